The molecule has 3 rings (SSSR count). The van der Waals surface area contributed by atoms with Gasteiger partial charge in [0, 0.05) is 10.0 Å². The highest BCUT2D eigenvalue weighted by molar-refractivity contribution is 9.10. The highest BCUT2D eigenvalue weighted by Crippen LogP contribution is 2.23. The van der Waals surface area contributed by atoms with E-state index in [1.807, 2.05) is 42.6 Å². The molecule has 1 heterocycles. The van der Waals surface area contributed by atoms with Crippen LogP contribution < -0.4 is 9.64 Å². The van der Waals surface area contributed by atoms with Gasteiger partial charge in [-0.25, -0.2) is 0 Å². The van der Waals surface area contributed by atoms with E-state index in [1.54, 1.807) is 4.90 Å². The Balaban J connectivity index is 1.68. The lowest BCUT2D eigenvalue weighted by Crippen LogP contribution is -3.11. The highest BCUT2D eigenvalue weighted by Gasteiger charge is 2.14. The smallest absolute Gasteiger partial charge is 0.128 e. The Kier molecular flexibility index (Phi) is 5.88. The van der Waals surface area contributed by atoms with E-state index < -0.39 is 0 Å². The number of hydrogen-bond donors (Lipinski definition) is 1. The van der Waals surface area contributed by atoms with Crippen molar-refractivity contribution >= 4 is 22.1 Å². The van der Waals surface area contributed by atoms with Crippen molar-refractivity contribution in [1.29, 1.82) is 0 Å². The Labute approximate surface area is 151 Å². The lowest BCUT2D eigenvalue weighted by Gasteiger charge is -2.27. The summed E-state index contributed by atoms with van der Waals surface area (Å²) in [7, 11) is 2.23. The molecule has 1 saturated heterocycles. The molecule has 0 unspecified atom stereocenters. The Morgan fingerprint density at radius 1 is 1.17 bits per heavy atom. The van der Waals surface area contributed by atoms with Crippen LogP contribution in [0, 0.1) is 0 Å². The minimum Gasteiger partial charge on any atom is -0.488 e. The first-order chi connectivity index (χ1) is 11.7. The van der Waals surface area contributed by atoms with Gasteiger partial charge in [-0.1, -0.05) is 46.3 Å². The van der Waals surface area contributed by atoms with Crippen molar-refractivity contribution in [2.24, 2.45) is 5.10 Å². The number of nitrogens with one attached hydrogen (secondary N) is 1. The largest absolute Gasteiger partial charge is 0.488 e. The minimum absolute atomic E-state index is 0.557. The summed E-state index contributed by atoms with van der Waals surface area (Å²) in [6.07, 6.45) is 1.91. The third kappa shape index (κ3) is 4.82. The number of ether oxygens (including phenoxy) is 1. The Hall–Kier alpha value is -1.85. The molecule has 0 bridgehead atoms. The maximum absolute atomic E-state index is 6.00. The highest BCUT2D eigenvalue weighted by atomic mass is 79.9. The summed E-state index contributed by atoms with van der Waals surface area (Å²) in [6, 6.07) is 16.2. The summed E-state index contributed by atoms with van der Waals surface area (Å²) >= 11 is 3.53. The molecule has 0 aliphatic carbocycles. The van der Waals surface area contributed by atoms with Crippen molar-refractivity contribution in [3.8, 4) is 5.75 Å². The van der Waals surface area contributed by atoms with Crippen LogP contribution in [0.15, 0.2) is 58.1 Å². The second kappa shape index (κ2) is 8.31. The average molecular weight is 389 g/mol. The van der Waals surface area contributed by atoms with Crippen molar-refractivity contribution in [2.75, 3.05) is 33.2 Å². The molecule has 0 saturated carbocycles. The molecule has 126 valence electrons. The maximum Gasteiger partial charge on any atom is 0.128 e. The molecule has 0 atom stereocenters. The number of nitrogens with zero attached hydrogens (tertiary/aromatic N) is 2. The van der Waals surface area contributed by atoms with Crippen LogP contribution in [0.4, 0.5) is 0 Å². The summed E-state index contributed by atoms with van der Waals surface area (Å²) in [5.41, 5.74) is 2.15. The zero-order valence-corrected chi connectivity index (χ0v) is 15.5. The molecule has 1 fully saturated rings. The third-order valence-corrected chi connectivity index (χ3v) is 4.66. The van der Waals surface area contributed by atoms with Crippen LogP contribution >= 0.6 is 15.9 Å². The standard InChI is InChI=1S/C19H22BrN3O/c1-22-9-11-23(12-10-22)21-14-17-13-18(20)7-8-19(17)24-15-16-5-3-2-4-6-16/h2-8,13-14H,9-12,15H2,1H3/p+1/b21-14-. The second-order valence-corrected chi connectivity index (χ2v) is 7.03. The average Bonchev–Trinajstić information content (AvgIpc) is 2.61. The summed E-state index contributed by atoms with van der Waals surface area (Å²) in [4.78, 5) is 1.57. The molecular formula is C19H23BrN3O+. The van der Waals surface area contributed by atoms with Crippen LogP contribution in [0.5, 0.6) is 5.75 Å². The van der Waals surface area contributed by atoms with Crippen LogP contribution in [0.2, 0.25) is 0 Å². The first-order valence-electron chi connectivity index (χ1n) is 8.27. The SMILES string of the molecule is C[NH+]1CCN(/N=C\c2cc(Br)ccc2OCc2ccccc2)CC1. The predicted molar refractivity (Wildman–Crippen MR) is 101 cm³/mol. The number of hydrogen-bond acceptors (Lipinski definition) is 3. The third-order valence-electron chi connectivity index (χ3n) is 4.16. The van der Waals surface area contributed by atoms with Gasteiger partial charge in [0.25, 0.3) is 0 Å². The van der Waals surface area contributed by atoms with Gasteiger partial charge in [0.15, 0.2) is 0 Å². The van der Waals surface area contributed by atoms with Crippen LogP contribution in [-0.2, 0) is 6.61 Å². The van der Waals surface area contributed by atoms with Crippen LogP contribution in [-0.4, -0.2) is 44.5 Å². The molecular weight excluding hydrogens is 366 g/mol. The van der Waals surface area contributed by atoms with Crippen molar-refractivity contribution in [3.63, 3.8) is 0 Å². The number of likely N-dealkylation sites (N-methyl/N-ethyl adjacent to an activating group) is 1. The molecule has 1 aliphatic rings. The fraction of sp³-hybridized carbons (Fsp3) is 0.316. The zero-order valence-electron chi connectivity index (χ0n) is 13.9. The van der Waals surface area contributed by atoms with E-state index in [4.69, 9.17) is 4.74 Å². The lowest BCUT2D eigenvalue weighted by molar-refractivity contribution is -0.884. The van der Waals surface area contributed by atoms with Crippen molar-refractivity contribution in [1.82, 2.24) is 5.01 Å². The molecule has 24 heavy (non-hydrogen) atoms. The van der Waals surface area contributed by atoms with Gasteiger partial charge in [-0.3, -0.25) is 5.01 Å². The lowest BCUT2D eigenvalue weighted by atomic mass is 10.2. The summed E-state index contributed by atoms with van der Waals surface area (Å²) in [5, 5.41) is 6.77. The van der Waals surface area contributed by atoms with E-state index in [-0.39, 0.29) is 0 Å². The number of benzene rings is 2. The van der Waals surface area contributed by atoms with E-state index in [0.29, 0.717) is 6.61 Å². The van der Waals surface area contributed by atoms with Crippen molar-refractivity contribution < 1.29 is 9.64 Å². The summed E-state index contributed by atoms with van der Waals surface area (Å²) < 4.78 is 7.03. The predicted octanol–water partition coefficient (Wildman–Crippen LogP) is 2.19. The summed E-state index contributed by atoms with van der Waals surface area (Å²) in [6.45, 7) is 4.81. The monoisotopic (exact) mass is 388 g/mol. The van der Waals surface area contributed by atoms with Crippen molar-refractivity contribution in [3.05, 3.63) is 64.1 Å². The van der Waals surface area contributed by atoms with Gasteiger partial charge in [0.05, 0.1) is 39.4 Å². The normalized spacial score (nSPS) is 15.8. The Bertz CT molecular complexity index is 682. The van der Waals surface area contributed by atoms with E-state index in [0.717, 1.165) is 47.5 Å². The number of piperazine rings is 1. The molecule has 1 aliphatic heterocycles. The van der Waals surface area contributed by atoms with Gasteiger partial charge < -0.3 is 9.64 Å². The first-order valence-corrected chi connectivity index (χ1v) is 9.06. The number of halogens is 1. The van der Waals surface area contributed by atoms with E-state index in [9.17, 15) is 0 Å². The second-order valence-electron chi connectivity index (χ2n) is 6.11. The van der Waals surface area contributed by atoms with Gasteiger partial charge in [0.1, 0.15) is 12.4 Å². The minimum atomic E-state index is 0.557. The molecule has 4 nitrogen and oxygen atoms in total. The molecule has 0 aromatic heterocycles. The summed E-state index contributed by atoms with van der Waals surface area (Å²) in [5.74, 6) is 0.852. The van der Waals surface area contributed by atoms with Crippen molar-refractivity contribution in [2.45, 2.75) is 6.61 Å². The molecule has 2 aromatic carbocycles. The van der Waals surface area contributed by atoms with Crippen LogP contribution in [0.1, 0.15) is 11.1 Å². The maximum atomic E-state index is 6.00. The molecule has 0 spiro atoms. The molecule has 0 radical (unpaired) electrons. The number of hydrazone groups is 1. The quantitative estimate of drug-likeness (QED) is 0.795. The van der Waals surface area contributed by atoms with Gasteiger partial charge >= 0.3 is 0 Å². The van der Waals surface area contributed by atoms with E-state index in [2.05, 4.69) is 45.2 Å². The topological polar surface area (TPSA) is 29.3 Å². The van der Waals surface area contributed by atoms with Gasteiger partial charge in [-0.15, -0.1) is 0 Å². The van der Waals surface area contributed by atoms with E-state index in [1.165, 1.54) is 0 Å². The van der Waals surface area contributed by atoms with Gasteiger partial charge in [-0.2, -0.15) is 5.10 Å². The molecule has 0 amide bonds. The fourth-order valence-corrected chi connectivity index (χ4v) is 3.00. The van der Waals surface area contributed by atoms with Gasteiger partial charge in [-0.05, 0) is 23.8 Å². The fourth-order valence-electron chi connectivity index (χ4n) is 2.62. The zero-order chi connectivity index (χ0) is 16.8. The van der Waals surface area contributed by atoms with Crippen LogP contribution in [0.25, 0.3) is 0 Å². The van der Waals surface area contributed by atoms with Crippen LogP contribution in [0.3, 0.4) is 0 Å². The first kappa shape index (κ1) is 17.0. The molecule has 5 heteroatoms. The Morgan fingerprint density at radius 2 is 1.92 bits per heavy atom. The number of rotatable bonds is 5. The van der Waals surface area contributed by atoms with E-state index >= 15 is 0 Å². The van der Waals surface area contributed by atoms with Gasteiger partial charge in [0.2, 0.25) is 0 Å². The number of quaternary nitrogens is 1. The Morgan fingerprint density at radius 3 is 2.67 bits per heavy atom. The molecule has 1 N–H and O–H groups in total. The molecule has 2 aromatic rings.